The van der Waals surface area contributed by atoms with Gasteiger partial charge in [-0.1, -0.05) is 216 Å². The maximum atomic E-state index is 2.85. The van der Waals surface area contributed by atoms with Gasteiger partial charge in [0, 0.05) is 50.9 Å². The van der Waals surface area contributed by atoms with E-state index in [1.54, 1.807) is 0 Å². The molecule has 4 aliphatic rings. The quantitative estimate of drug-likeness (QED) is 0.159. The molecule has 74 heavy (non-hydrogen) atoms. The Labute approximate surface area is 443 Å². The average Bonchev–Trinajstić information content (AvgIpc) is 3.61. The van der Waals surface area contributed by atoms with Crippen LogP contribution in [0.4, 0.5) is 45.5 Å². The first-order chi connectivity index (χ1) is 35.3. The molecule has 1 aliphatic carbocycles. The number of hydrogen-bond donors (Lipinski definition) is 0. The van der Waals surface area contributed by atoms with Crippen molar-refractivity contribution in [3.05, 3.63) is 198 Å². The zero-order valence-electron chi connectivity index (χ0n) is 45.9. The first-order valence-corrected chi connectivity index (χ1v) is 27.7. The van der Waals surface area contributed by atoms with Crippen molar-refractivity contribution >= 4 is 68.6 Å². The van der Waals surface area contributed by atoms with E-state index in [0.717, 1.165) is 12.1 Å². The van der Waals surface area contributed by atoms with Gasteiger partial charge in [0.2, 0.25) is 0 Å². The van der Waals surface area contributed by atoms with Gasteiger partial charge in [-0.3, -0.25) is 0 Å². The van der Waals surface area contributed by atoms with E-state index in [0.29, 0.717) is 0 Å². The number of fused-ring (bicyclic) bond motifs is 7. The minimum absolute atomic E-state index is 0.0176. The predicted octanol–water partition coefficient (Wildman–Crippen LogP) is 17.5. The van der Waals surface area contributed by atoms with Crippen LogP contribution in [0.5, 0.6) is 0 Å². The molecular weight excluding hydrogens is 894 g/mol. The van der Waals surface area contributed by atoms with Gasteiger partial charge in [-0.2, -0.15) is 0 Å². The normalized spacial score (nSPS) is 19.2. The summed E-state index contributed by atoms with van der Waals surface area (Å²) >= 11 is 0. The van der Waals surface area contributed by atoms with Gasteiger partial charge in [0.05, 0.1) is 5.54 Å². The largest absolute Gasteiger partial charge is 0.334 e. The molecule has 12 rings (SSSR count). The third-order valence-electron chi connectivity index (χ3n) is 17.9. The first-order valence-electron chi connectivity index (χ1n) is 27.7. The Morgan fingerprint density at radius 1 is 0.378 bits per heavy atom. The molecule has 3 aliphatic heterocycles. The lowest BCUT2D eigenvalue weighted by Gasteiger charge is -2.50. The van der Waals surface area contributed by atoms with Crippen LogP contribution >= 0.6 is 0 Å². The second-order valence-corrected chi connectivity index (χ2v) is 25.7. The molecule has 0 aromatic heterocycles. The van der Waals surface area contributed by atoms with Crippen LogP contribution in [-0.4, -0.2) is 12.3 Å². The lowest BCUT2D eigenvalue weighted by atomic mass is 9.33. The van der Waals surface area contributed by atoms with Gasteiger partial charge in [0.15, 0.2) is 0 Å². The molecule has 3 nitrogen and oxygen atoms in total. The molecule has 1 fully saturated rings. The molecule has 2 atom stereocenters. The maximum absolute atomic E-state index is 2.85. The first kappa shape index (κ1) is 48.2. The zero-order valence-corrected chi connectivity index (χ0v) is 45.9. The van der Waals surface area contributed by atoms with E-state index in [2.05, 4.69) is 267 Å². The Balaban J connectivity index is 1.22. The molecule has 0 N–H and O–H groups in total. The van der Waals surface area contributed by atoms with Crippen molar-refractivity contribution in [1.29, 1.82) is 0 Å². The van der Waals surface area contributed by atoms with Gasteiger partial charge in [0.1, 0.15) is 0 Å². The summed E-state index contributed by atoms with van der Waals surface area (Å²) in [6.07, 6.45) is 7.32. The highest BCUT2D eigenvalue weighted by atomic mass is 15.3. The van der Waals surface area contributed by atoms with E-state index in [4.69, 9.17) is 0 Å². The van der Waals surface area contributed by atoms with Crippen molar-refractivity contribution in [3.63, 3.8) is 0 Å². The summed E-state index contributed by atoms with van der Waals surface area (Å²) in [5.41, 5.74) is 24.1. The van der Waals surface area contributed by atoms with Crippen molar-refractivity contribution in [1.82, 2.24) is 0 Å². The topological polar surface area (TPSA) is 9.72 Å². The Morgan fingerprint density at radius 2 is 0.878 bits per heavy atom. The molecule has 0 bridgehead atoms. The number of benzene rings is 8. The van der Waals surface area contributed by atoms with E-state index in [1.807, 2.05) is 0 Å². The minimum Gasteiger partial charge on any atom is -0.334 e. The van der Waals surface area contributed by atoms with Crippen LogP contribution in [0.15, 0.2) is 176 Å². The van der Waals surface area contributed by atoms with Crippen LogP contribution < -0.4 is 31.1 Å². The molecule has 4 heteroatoms. The standard InChI is InChI=1S/C70H74BN3/c1-66(2,3)51-29-23-31-55(42-51)73-62-44-53(68(7,8)9)33-36-59(62)71-58-35-32-50(48-26-18-15-19-27-48)41-61(58)72(54-30-22-28-49(40-54)47-24-16-14-17-25-47)63-45-56(46-64(73)65(63)71)74-60-37-34-52(67(4,5)6)43-57(60)69(10)38-20-12-13-21-39-70(69,74)11/h14-19,22-37,40-46H,12-13,20-21,38-39H2,1-11H3. The van der Waals surface area contributed by atoms with Crippen LogP contribution in [0.3, 0.4) is 0 Å². The summed E-state index contributed by atoms with van der Waals surface area (Å²) < 4.78 is 0. The maximum Gasteiger partial charge on any atom is 0.252 e. The van der Waals surface area contributed by atoms with E-state index in [-0.39, 0.29) is 33.9 Å². The Morgan fingerprint density at radius 3 is 1.50 bits per heavy atom. The van der Waals surface area contributed by atoms with Gasteiger partial charge < -0.3 is 14.7 Å². The summed E-state index contributed by atoms with van der Waals surface area (Å²) in [7, 11) is 0. The van der Waals surface area contributed by atoms with E-state index in [1.165, 1.54) is 133 Å². The molecule has 0 amide bonds. The molecular formula is C70H74BN3. The third kappa shape index (κ3) is 7.76. The number of rotatable bonds is 5. The lowest BCUT2D eigenvalue weighted by molar-refractivity contribution is 0.217. The van der Waals surface area contributed by atoms with Crippen LogP contribution in [-0.2, 0) is 21.7 Å². The molecule has 1 saturated carbocycles. The van der Waals surface area contributed by atoms with Gasteiger partial charge >= 0.3 is 0 Å². The Kier molecular flexibility index (Phi) is 11.3. The van der Waals surface area contributed by atoms with Crippen LogP contribution in [0, 0.1) is 0 Å². The average molecular weight is 968 g/mol. The molecule has 0 radical (unpaired) electrons. The van der Waals surface area contributed by atoms with Crippen LogP contribution in [0.1, 0.15) is 137 Å². The highest BCUT2D eigenvalue weighted by molar-refractivity contribution is 7.00. The SMILES string of the molecule is CC(C)(C)c1cccc(N2c3cc(C(C)(C)C)ccc3B3c4ccc(-c5ccccc5)cc4N(c4cccc(-c5ccccc5)c4)c4cc(N5c6ccc(C(C)(C)C)cc6C6(C)CCCCCCC56C)cc2c43)c1. The molecule has 8 aromatic rings. The number of hydrogen-bond acceptors (Lipinski definition) is 3. The minimum atomic E-state index is -0.180. The van der Waals surface area contributed by atoms with Crippen molar-refractivity contribution in [2.75, 3.05) is 14.7 Å². The van der Waals surface area contributed by atoms with Crippen molar-refractivity contribution in [2.24, 2.45) is 0 Å². The highest BCUT2D eigenvalue weighted by Gasteiger charge is 2.57. The predicted molar refractivity (Wildman–Crippen MR) is 319 cm³/mol. The zero-order chi connectivity index (χ0) is 51.5. The summed E-state index contributed by atoms with van der Waals surface area (Å²) in [5.74, 6) is 0. The van der Waals surface area contributed by atoms with E-state index < -0.39 is 0 Å². The fourth-order valence-electron chi connectivity index (χ4n) is 13.5. The summed E-state index contributed by atoms with van der Waals surface area (Å²) in [5, 5.41) is 0. The smallest absolute Gasteiger partial charge is 0.252 e. The Hall–Kier alpha value is -6.78. The second-order valence-electron chi connectivity index (χ2n) is 25.7. The fourth-order valence-corrected chi connectivity index (χ4v) is 13.5. The van der Waals surface area contributed by atoms with Gasteiger partial charge in [-0.05, 0) is 152 Å². The summed E-state index contributed by atoms with van der Waals surface area (Å²) in [4.78, 5) is 8.16. The van der Waals surface area contributed by atoms with Gasteiger partial charge in [0.25, 0.3) is 6.71 Å². The molecule has 372 valence electrons. The van der Waals surface area contributed by atoms with Crippen molar-refractivity contribution in [3.8, 4) is 22.3 Å². The monoisotopic (exact) mass is 968 g/mol. The third-order valence-corrected chi connectivity index (χ3v) is 17.9. The number of anilines is 8. The number of nitrogens with zero attached hydrogens (tertiary/aromatic N) is 3. The van der Waals surface area contributed by atoms with Gasteiger partial charge in [-0.15, -0.1) is 0 Å². The van der Waals surface area contributed by atoms with Crippen LogP contribution in [0.25, 0.3) is 22.3 Å². The fraction of sp³-hybridized carbons (Fsp3) is 0.314. The Bertz CT molecular complexity index is 3460. The molecule has 3 heterocycles. The van der Waals surface area contributed by atoms with E-state index >= 15 is 0 Å². The summed E-state index contributed by atoms with van der Waals surface area (Å²) in [6, 6.07) is 68.2. The van der Waals surface area contributed by atoms with Crippen molar-refractivity contribution < 1.29 is 0 Å². The molecule has 8 aromatic carbocycles. The molecule has 0 saturated heterocycles. The molecule has 2 unspecified atom stereocenters. The summed E-state index contributed by atoms with van der Waals surface area (Å²) in [6.45, 7) is 26.5. The molecule has 0 spiro atoms. The van der Waals surface area contributed by atoms with E-state index in [9.17, 15) is 0 Å². The second kappa shape index (κ2) is 17.4. The highest BCUT2D eigenvalue weighted by Crippen LogP contribution is 2.61. The van der Waals surface area contributed by atoms with Gasteiger partial charge in [-0.25, -0.2) is 0 Å². The van der Waals surface area contributed by atoms with Crippen molar-refractivity contribution in [2.45, 2.75) is 142 Å². The lowest BCUT2D eigenvalue weighted by Crippen LogP contribution is -2.61. The van der Waals surface area contributed by atoms with Crippen LogP contribution in [0.2, 0.25) is 0 Å².